The van der Waals surface area contributed by atoms with Gasteiger partial charge in [0.2, 0.25) is 5.76 Å². The average Bonchev–Trinajstić information content (AvgIpc) is 2.74. The summed E-state index contributed by atoms with van der Waals surface area (Å²) < 4.78 is 58.7. The van der Waals surface area contributed by atoms with E-state index in [4.69, 9.17) is 13.9 Å². The molecule has 0 amide bonds. The van der Waals surface area contributed by atoms with Crippen LogP contribution in [0.5, 0.6) is 11.5 Å². The summed E-state index contributed by atoms with van der Waals surface area (Å²) in [6, 6.07) is 9.90. The van der Waals surface area contributed by atoms with Crippen molar-refractivity contribution in [2.75, 3.05) is 6.61 Å². The lowest BCUT2D eigenvalue weighted by Gasteiger charge is -2.17. The van der Waals surface area contributed by atoms with Crippen molar-refractivity contribution in [3.8, 4) is 11.5 Å². The van der Waals surface area contributed by atoms with Crippen LogP contribution in [0.3, 0.4) is 0 Å². The average molecular weight is 434 g/mol. The van der Waals surface area contributed by atoms with Gasteiger partial charge in [-0.3, -0.25) is 0 Å². The van der Waals surface area contributed by atoms with Crippen molar-refractivity contribution in [2.45, 2.75) is 52.1 Å². The van der Waals surface area contributed by atoms with Gasteiger partial charge in [-0.1, -0.05) is 44.9 Å². The predicted octanol–water partition coefficient (Wildman–Crippen LogP) is 6.58. The highest BCUT2D eigenvalue weighted by Gasteiger charge is 2.39. The minimum absolute atomic E-state index is 0.0258. The van der Waals surface area contributed by atoms with Crippen LogP contribution in [0.4, 0.5) is 13.2 Å². The molecule has 0 bridgehead atoms. The molecule has 0 radical (unpaired) electrons. The molecule has 0 fully saturated rings. The van der Waals surface area contributed by atoms with E-state index in [2.05, 4.69) is 6.92 Å². The van der Waals surface area contributed by atoms with Crippen molar-refractivity contribution in [2.24, 2.45) is 0 Å². The summed E-state index contributed by atoms with van der Waals surface area (Å²) in [6.45, 7) is 4.22. The number of hydrogen-bond acceptors (Lipinski definition) is 4. The molecule has 0 spiro atoms. The number of halogens is 3. The number of alkyl halides is 2. The molecule has 166 valence electrons. The van der Waals surface area contributed by atoms with Crippen LogP contribution in [-0.4, -0.2) is 6.61 Å². The Kier molecular flexibility index (Phi) is 7.25. The first-order valence-electron chi connectivity index (χ1n) is 10.4. The van der Waals surface area contributed by atoms with Gasteiger partial charge in [0.25, 0.3) is 0 Å². The first-order chi connectivity index (χ1) is 14.9. The zero-order chi connectivity index (χ0) is 22.4. The van der Waals surface area contributed by atoms with Gasteiger partial charge in [0, 0.05) is 0 Å². The van der Waals surface area contributed by atoms with Crippen LogP contribution in [0.1, 0.15) is 50.9 Å². The van der Waals surface area contributed by atoms with Crippen molar-refractivity contribution < 1.29 is 27.1 Å². The second-order valence-corrected chi connectivity index (χ2v) is 7.31. The van der Waals surface area contributed by atoms with Gasteiger partial charge in [-0.25, -0.2) is 9.18 Å². The number of rotatable bonds is 10. The van der Waals surface area contributed by atoms with Crippen molar-refractivity contribution in [1.29, 1.82) is 0 Å². The number of fused-ring (bicyclic) bond motifs is 1. The predicted molar refractivity (Wildman–Crippen MR) is 112 cm³/mol. The smallest absolute Gasteiger partial charge is 0.460 e. The second-order valence-electron chi connectivity index (χ2n) is 7.31. The third kappa shape index (κ3) is 5.40. The number of hydrogen-bond donors (Lipinski definition) is 0. The zero-order valence-electron chi connectivity index (χ0n) is 17.6. The van der Waals surface area contributed by atoms with Crippen LogP contribution < -0.4 is 15.1 Å². The van der Waals surface area contributed by atoms with Crippen LogP contribution in [0.15, 0.2) is 51.7 Å². The fraction of sp³-hybridized carbons (Fsp3) is 0.375. The Balaban J connectivity index is 1.83. The molecule has 1 aromatic heterocycles. The number of benzene rings is 2. The lowest BCUT2D eigenvalue weighted by molar-refractivity contribution is -0.199. The van der Waals surface area contributed by atoms with E-state index in [0.29, 0.717) is 6.42 Å². The lowest BCUT2D eigenvalue weighted by Crippen LogP contribution is -2.24. The Bertz CT molecular complexity index is 1070. The largest absolute Gasteiger partial charge is 0.491 e. The van der Waals surface area contributed by atoms with Crippen LogP contribution in [-0.2, 0) is 12.5 Å². The summed E-state index contributed by atoms with van der Waals surface area (Å²) in [4.78, 5) is 12.3. The normalized spacial score (nSPS) is 11.6. The standard InChI is InChI=1S/C24H25F3O4/c1-3-5-6-7-16-8-11-18(12-9-16)31-24(26,27)20-15-17-10-13-19(29-14-4-2)22(25)21(17)23(28)30-20/h8-13,15H,3-7,14H2,1-2H3. The van der Waals surface area contributed by atoms with Crippen molar-refractivity contribution in [3.63, 3.8) is 0 Å². The van der Waals surface area contributed by atoms with Crippen LogP contribution in [0, 0.1) is 5.82 Å². The second kappa shape index (κ2) is 9.90. The number of ether oxygens (including phenoxy) is 2. The molecule has 7 heteroatoms. The molecular formula is C24H25F3O4. The molecule has 0 aliphatic heterocycles. The number of aryl methyl sites for hydroxylation is 1. The first kappa shape index (κ1) is 22.7. The molecule has 0 atom stereocenters. The van der Waals surface area contributed by atoms with Gasteiger partial charge in [-0.05, 0) is 54.5 Å². The van der Waals surface area contributed by atoms with E-state index in [1.54, 1.807) is 12.1 Å². The van der Waals surface area contributed by atoms with Gasteiger partial charge in [-0.2, -0.15) is 8.78 Å². The third-order valence-electron chi connectivity index (χ3n) is 4.82. The van der Waals surface area contributed by atoms with Crippen LogP contribution >= 0.6 is 0 Å². The summed E-state index contributed by atoms with van der Waals surface area (Å²) >= 11 is 0. The summed E-state index contributed by atoms with van der Waals surface area (Å²) in [7, 11) is 0. The Morgan fingerprint density at radius 2 is 1.74 bits per heavy atom. The van der Waals surface area contributed by atoms with Gasteiger partial charge in [0.15, 0.2) is 11.6 Å². The highest BCUT2D eigenvalue weighted by Crippen LogP contribution is 2.34. The van der Waals surface area contributed by atoms with E-state index in [9.17, 15) is 18.0 Å². The topological polar surface area (TPSA) is 48.7 Å². The molecule has 3 aromatic rings. The maximum absolute atomic E-state index is 14.7. The SMILES string of the molecule is CCCCCc1ccc(OC(F)(F)c2cc3ccc(OCCC)c(F)c3c(=O)o2)cc1. The fourth-order valence-corrected chi connectivity index (χ4v) is 3.19. The molecule has 0 saturated carbocycles. The molecule has 0 N–H and O–H groups in total. The van der Waals surface area contributed by atoms with Crippen LogP contribution in [0.25, 0.3) is 10.8 Å². The van der Waals surface area contributed by atoms with E-state index in [1.807, 2.05) is 6.92 Å². The van der Waals surface area contributed by atoms with E-state index in [-0.39, 0.29) is 23.5 Å². The van der Waals surface area contributed by atoms with Crippen molar-refractivity contribution in [3.05, 3.63) is 70.0 Å². The zero-order valence-corrected chi connectivity index (χ0v) is 17.6. The van der Waals surface area contributed by atoms with Gasteiger partial charge >= 0.3 is 11.7 Å². The molecule has 3 rings (SSSR count). The minimum Gasteiger partial charge on any atom is -0.491 e. The molecule has 0 aliphatic carbocycles. The highest BCUT2D eigenvalue weighted by atomic mass is 19.3. The lowest BCUT2D eigenvalue weighted by atomic mass is 10.1. The Labute approximate surface area is 178 Å². The van der Waals surface area contributed by atoms with E-state index >= 15 is 0 Å². The first-order valence-corrected chi connectivity index (χ1v) is 10.4. The fourth-order valence-electron chi connectivity index (χ4n) is 3.19. The van der Waals surface area contributed by atoms with E-state index < -0.39 is 28.7 Å². The molecule has 1 heterocycles. The Hall–Kier alpha value is -2.96. The molecule has 0 saturated heterocycles. The van der Waals surface area contributed by atoms with E-state index in [1.165, 1.54) is 24.3 Å². The van der Waals surface area contributed by atoms with Crippen molar-refractivity contribution >= 4 is 10.8 Å². The maximum Gasteiger partial charge on any atom is 0.460 e. The highest BCUT2D eigenvalue weighted by molar-refractivity contribution is 5.83. The summed E-state index contributed by atoms with van der Waals surface area (Å²) in [5.74, 6) is -2.13. The molecule has 4 nitrogen and oxygen atoms in total. The number of unbranched alkanes of at least 4 members (excludes halogenated alkanes) is 2. The summed E-state index contributed by atoms with van der Waals surface area (Å²) in [6.07, 6.45) is 0.821. The molecule has 2 aromatic carbocycles. The maximum atomic E-state index is 14.7. The van der Waals surface area contributed by atoms with Crippen molar-refractivity contribution in [1.82, 2.24) is 0 Å². The van der Waals surface area contributed by atoms with Crippen LogP contribution in [0.2, 0.25) is 0 Å². The minimum atomic E-state index is -3.91. The Morgan fingerprint density at radius 1 is 1.00 bits per heavy atom. The quantitative estimate of drug-likeness (QED) is 0.338. The van der Waals surface area contributed by atoms with Gasteiger partial charge in [-0.15, -0.1) is 0 Å². The third-order valence-corrected chi connectivity index (χ3v) is 4.82. The Morgan fingerprint density at radius 3 is 2.42 bits per heavy atom. The summed E-state index contributed by atoms with van der Waals surface area (Å²) in [5.41, 5.74) is -0.195. The monoisotopic (exact) mass is 434 g/mol. The molecular weight excluding hydrogens is 409 g/mol. The van der Waals surface area contributed by atoms with Gasteiger partial charge < -0.3 is 13.9 Å². The van der Waals surface area contributed by atoms with Gasteiger partial charge in [0.1, 0.15) is 11.1 Å². The van der Waals surface area contributed by atoms with E-state index in [0.717, 1.165) is 37.3 Å². The van der Waals surface area contributed by atoms with Gasteiger partial charge in [0.05, 0.1) is 6.61 Å². The molecule has 0 aliphatic rings. The molecule has 0 unspecified atom stereocenters. The molecule has 31 heavy (non-hydrogen) atoms. The summed E-state index contributed by atoms with van der Waals surface area (Å²) in [5, 5.41) is -0.466.